The van der Waals surface area contributed by atoms with Crippen LogP contribution in [0.3, 0.4) is 0 Å². The standard InChI is InChI=1S/C16H12N4O2S/c1-9-8-23-16(18-9)13(7-17)14(21)11-5-3-4-6-12(11)15-19-10(2)20-22-15/h3-6,8,13H,1-2H3/t13-/m0/s1. The first-order valence-corrected chi connectivity index (χ1v) is 7.73. The third-order valence-corrected chi connectivity index (χ3v) is 4.25. The van der Waals surface area contributed by atoms with E-state index in [0.717, 1.165) is 5.69 Å². The lowest BCUT2D eigenvalue weighted by atomic mass is 9.95. The molecule has 1 atom stereocenters. The normalized spacial score (nSPS) is 11.9. The monoisotopic (exact) mass is 324 g/mol. The summed E-state index contributed by atoms with van der Waals surface area (Å²) in [7, 11) is 0. The molecule has 0 radical (unpaired) electrons. The van der Waals surface area contributed by atoms with Crippen LogP contribution in [0.15, 0.2) is 34.2 Å². The number of aromatic nitrogens is 3. The quantitative estimate of drug-likeness (QED) is 0.684. The van der Waals surface area contributed by atoms with Crippen molar-refractivity contribution in [3.8, 4) is 17.5 Å². The Morgan fingerprint density at radius 1 is 1.30 bits per heavy atom. The Morgan fingerprint density at radius 2 is 2.09 bits per heavy atom. The van der Waals surface area contributed by atoms with Gasteiger partial charge in [0.25, 0.3) is 5.89 Å². The lowest BCUT2D eigenvalue weighted by Gasteiger charge is -2.08. The Hall–Kier alpha value is -2.85. The van der Waals surface area contributed by atoms with Crippen LogP contribution in [0.4, 0.5) is 0 Å². The van der Waals surface area contributed by atoms with Gasteiger partial charge in [0.1, 0.15) is 5.01 Å². The van der Waals surface area contributed by atoms with Crippen LogP contribution in [0.25, 0.3) is 11.5 Å². The van der Waals surface area contributed by atoms with Gasteiger partial charge in [-0.25, -0.2) is 4.98 Å². The number of hydrogen-bond donors (Lipinski definition) is 0. The molecule has 1 aromatic carbocycles. The molecule has 0 spiro atoms. The minimum Gasteiger partial charge on any atom is -0.334 e. The Bertz CT molecular complexity index is 907. The van der Waals surface area contributed by atoms with Crippen LogP contribution in [0.5, 0.6) is 0 Å². The van der Waals surface area contributed by atoms with Crippen molar-refractivity contribution in [1.29, 1.82) is 5.26 Å². The Morgan fingerprint density at radius 3 is 2.70 bits per heavy atom. The van der Waals surface area contributed by atoms with Gasteiger partial charge in [-0.3, -0.25) is 4.79 Å². The van der Waals surface area contributed by atoms with Gasteiger partial charge in [-0.2, -0.15) is 10.2 Å². The molecule has 2 heterocycles. The van der Waals surface area contributed by atoms with Crippen molar-refractivity contribution in [2.75, 3.05) is 0 Å². The number of nitriles is 1. The van der Waals surface area contributed by atoms with E-state index in [2.05, 4.69) is 15.1 Å². The molecule has 0 saturated carbocycles. The predicted octanol–water partition coefficient (Wildman–Crippen LogP) is 3.30. The molecule has 0 amide bonds. The first-order chi connectivity index (χ1) is 11.1. The number of benzene rings is 1. The molecule has 0 N–H and O–H groups in total. The predicted molar refractivity (Wildman–Crippen MR) is 84.0 cm³/mol. The van der Waals surface area contributed by atoms with Gasteiger partial charge in [-0.05, 0) is 19.9 Å². The van der Waals surface area contributed by atoms with E-state index in [1.807, 2.05) is 18.4 Å². The maximum absolute atomic E-state index is 12.8. The number of ketones is 1. The molecule has 6 nitrogen and oxygen atoms in total. The average molecular weight is 324 g/mol. The lowest BCUT2D eigenvalue weighted by molar-refractivity contribution is 0.0979. The van der Waals surface area contributed by atoms with Crippen molar-refractivity contribution < 1.29 is 9.32 Å². The van der Waals surface area contributed by atoms with Crippen LogP contribution in [-0.2, 0) is 0 Å². The van der Waals surface area contributed by atoms with Gasteiger partial charge in [-0.1, -0.05) is 23.4 Å². The van der Waals surface area contributed by atoms with Crippen LogP contribution in [0, 0.1) is 25.2 Å². The van der Waals surface area contributed by atoms with Crippen molar-refractivity contribution in [2.45, 2.75) is 19.8 Å². The summed E-state index contributed by atoms with van der Waals surface area (Å²) < 4.78 is 5.16. The van der Waals surface area contributed by atoms with Crippen LogP contribution in [0.1, 0.15) is 32.8 Å². The molecule has 3 rings (SSSR count). The summed E-state index contributed by atoms with van der Waals surface area (Å²) in [5.41, 5.74) is 1.68. The van der Waals surface area contributed by atoms with Crippen LogP contribution in [-0.4, -0.2) is 20.9 Å². The number of nitrogens with zero attached hydrogens (tertiary/aromatic N) is 4. The molecule has 3 aromatic rings. The summed E-state index contributed by atoms with van der Waals surface area (Å²) in [6.07, 6.45) is 0. The molecule has 0 bridgehead atoms. The molecule has 114 valence electrons. The van der Waals surface area contributed by atoms with Crippen molar-refractivity contribution in [1.82, 2.24) is 15.1 Å². The minimum atomic E-state index is -0.945. The number of hydrogen-bond acceptors (Lipinski definition) is 7. The average Bonchev–Trinajstić information content (AvgIpc) is 3.17. The molecule has 0 aliphatic carbocycles. The summed E-state index contributed by atoms with van der Waals surface area (Å²) in [5, 5.41) is 15.5. The smallest absolute Gasteiger partial charge is 0.258 e. The number of carbonyl (C=O) groups is 1. The molecule has 0 aliphatic heterocycles. The number of rotatable bonds is 4. The number of thiazole rings is 1. The number of aryl methyl sites for hydroxylation is 2. The minimum absolute atomic E-state index is 0.262. The summed E-state index contributed by atoms with van der Waals surface area (Å²) in [6, 6.07) is 8.94. The van der Waals surface area contributed by atoms with Crippen LogP contribution < -0.4 is 0 Å². The van der Waals surface area contributed by atoms with Crippen LogP contribution >= 0.6 is 11.3 Å². The van der Waals surface area contributed by atoms with Gasteiger partial charge in [0.05, 0.1) is 11.6 Å². The number of carbonyl (C=O) groups excluding carboxylic acids is 1. The van der Waals surface area contributed by atoms with E-state index in [0.29, 0.717) is 22.0 Å². The second-order valence-corrected chi connectivity index (χ2v) is 5.84. The highest BCUT2D eigenvalue weighted by molar-refractivity contribution is 7.10. The fourth-order valence-corrected chi connectivity index (χ4v) is 3.01. The molecule has 0 saturated heterocycles. The zero-order chi connectivity index (χ0) is 16.4. The number of Topliss-reactive ketones (excluding diaryl/α,β-unsaturated/α-hetero) is 1. The third kappa shape index (κ3) is 2.89. The first kappa shape index (κ1) is 15.1. The Kier molecular flexibility index (Phi) is 4.00. The zero-order valence-corrected chi connectivity index (χ0v) is 13.3. The van der Waals surface area contributed by atoms with E-state index in [4.69, 9.17) is 4.52 Å². The maximum atomic E-state index is 12.8. The topological polar surface area (TPSA) is 92.7 Å². The van der Waals surface area contributed by atoms with Gasteiger partial charge in [0.2, 0.25) is 0 Å². The maximum Gasteiger partial charge on any atom is 0.258 e. The largest absolute Gasteiger partial charge is 0.334 e. The molecule has 2 aromatic heterocycles. The molecule has 7 heteroatoms. The van der Waals surface area contributed by atoms with Gasteiger partial charge in [0, 0.05) is 16.6 Å². The van der Waals surface area contributed by atoms with Gasteiger partial charge in [0.15, 0.2) is 17.5 Å². The summed E-state index contributed by atoms with van der Waals surface area (Å²) in [6.45, 7) is 3.53. The fourth-order valence-electron chi connectivity index (χ4n) is 2.18. The fraction of sp³-hybridized carbons (Fsp3) is 0.188. The molecular weight excluding hydrogens is 312 g/mol. The van der Waals surface area contributed by atoms with E-state index in [-0.39, 0.29) is 11.7 Å². The second-order valence-electron chi connectivity index (χ2n) is 4.95. The second kappa shape index (κ2) is 6.10. The molecule has 0 fully saturated rings. The van der Waals surface area contributed by atoms with E-state index >= 15 is 0 Å². The summed E-state index contributed by atoms with van der Waals surface area (Å²) in [4.78, 5) is 21.3. The van der Waals surface area contributed by atoms with Crippen LogP contribution in [0.2, 0.25) is 0 Å². The van der Waals surface area contributed by atoms with E-state index in [1.54, 1.807) is 31.2 Å². The van der Waals surface area contributed by atoms with Gasteiger partial charge >= 0.3 is 0 Å². The van der Waals surface area contributed by atoms with Crippen molar-refractivity contribution in [3.05, 3.63) is 51.7 Å². The van der Waals surface area contributed by atoms with E-state index in [9.17, 15) is 10.1 Å². The molecular formula is C16H12N4O2S. The summed E-state index contributed by atoms with van der Waals surface area (Å²) >= 11 is 1.31. The van der Waals surface area contributed by atoms with E-state index < -0.39 is 5.92 Å². The van der Waals surface area contributed by atoms with E-state index in [1.165, 1.54) is 11.3 Å². The van der Waals surface area contributed by atoms with Gasteiger partial charge in [-0.15, -0.1) is 11.3 Å². The molecule has 23 heavy (non-hydrogen) atoms. The highest BCUT2D eigenvalue weighted by Gasteiger charge is 2.27. The van der Waals surface area contributed by atoms with Crippen molar-refractivity contribution in [3.63, 3.8) is 0 Å². The molecule has 0 unspecified atom stereocenters. The third-order valence-electron chi connectivity index (χ3n) is 3.23. The van der Waals surface area contributed by atoms with Crippen molar-refractivity contribution in [2.24, 2.45) is 0 Å². The van der Waals surface area contributed by atoms with Gasteiger partial charge < -0.3 is 4.52 Å². The molecule has 0 aliphatic rings. The highest BCUT2D eigenvalue weighted by atomic mass is 32.1. The SMILES string of the molecule is Cc1csc([C@@H](C#N)C(=O)c2ccccc2-c2nc(C)no2)n1. The Labute approximate surface area is 136 Å². The first-order valence-electron chi connectivity index (χ1n) is 6.85. The van der Waals surface area contributed by atoms with Crippen molar-refractivity contribution >= 4 is 17.1 Å². The highest BCUT2D eigenvalue weighted by Crippen LogP contribution is 2.29. The Balaban J connectivity index is 2.04. The summed E-state index contributed by atoms with van der Waals surface area (Å²) in [5.74, 6) is -0.528. The zero-order valence-electron chi connectivity index (χ0n) is 12.5. The lowest BCUT2D eigenvalue weighted by Crippen LogP contribution is -2.12.